The minimum Gasteiger partial charge on any atom is -0.507 e. The minimum absolute atomic E-state index is 0. The fourth-order valence-electron chi connectivity index (χ4n) is 0.516. The molecule has 5 heteroatoms. The van der Waals surface area contributed by atoms with Gasteiger partial charge in [0.05, 0.1) is 4.47 Å². The predicted octanol–water partition coefficient (Wildman–Crippen LogP) is 0.684. The van der Waals surface area contributed by atoms with Crippen molar-refractivity contribution >= 4 is 47.8 Å². The van der Waals surface area contributed by atoms with E-state index in [-0.39, 0.29) is 35.3 Å². The van der Waals surface area contributed by atoms with Gasteiger partial charge in [0.2, 0.25) is 0 Å². The van der Waals surface area contributed by atoms with Crippen molar-refractivity contribution in [2.75, 3.05) is 0 Å². The van der Waals surface area contributed by atoms with Crippen LogP contribution in [-0.4, -0.2) is 5.11 Å². The predicted molar refractivity (Wildman–Crippen MR) is 51.2 cm³/mol. The second-order valence-corrected chi connectivity index (χ2v) is 4.13. The van der Waals surface area contributed by atoms with E-state index in [9.17, 15) is 0 Å². The van der Waals surface area contributed by atoms with E-state index < -0.39 is 0 Å². The summed E-state index contributed by atoms with van der Waals surface area (Å²) in [4.78, 5) is 0. The topological polar surface area (TPSA) is 20.2 Å². The van der Waals surface area contributed by atoms with Crippen molar-refractivity contribution in [3.63, 3.8) is 0 Å². The Kier molecular flexibility index (Phi) is 5.94. The third kappa shape index (κ3) is 3.01. The number of aromatic hydroxyl groups is 1. The van der Waals surface area contributed by atoms with E-state index in [1.165, 1.54) is 0 Å². The second-order valence-electron chi connectivity index (χ2n) is 1.69. The quantitative estimate of drug-likeness (QED) is 0.537. The molecule has 11 heavy (non-hydrogen) atoms. The van der Waals surface area contributed by atoms with Crippen molar-refractivity contribution in [2.45, 2.75) is 0 Å². The van der Waals surface area contributed by atoms with E-state index >= 15 is 0 Å². The van der Waals surface area contributed by atoms with Crippen LogP contribution in [0.1, 0.15) is 0 Å². The van der Waals surface area contributed by atoms with Crippen LogP contribution in [0.15, 0.2) is 25.6 Å². The summed E-state index contributed by atoms with van der Waals surface area (Å²) in [5, 5.41) is 9.13. The molecule has 0 bridgehead atoms. The second kappa shape index (κ2) is 5.25. The number of phenols is 1. The van der Waals surface area contributed by atoms with Crippen molar-refractivity contribution in [1.29, 1.82) is 0 Å². The summed E-state index contributed by atoms with van der Waals surface area (Å²) in [6, 6.07) is 3.38. The average Bonchev–Trinajstić information content (AvgIpc) is 1.93. The molecule has 0 saturated heterocycles. The summed E-state index contributed by atoms with van der Waals surface area (Å²) in [6.45, 7) is 0. The van der Waals surface area contributed by atoms with Crippen LogP contribution in [0.2, 0.25) is 0 Å². The Hall–Kier alpha value is 1.46. The zero-order valence-corrected chi connectivity index (χ0v) is 12.5. The molecule has 0 amide bonds. The molecule has 0 aromatic heterocycles. The van der Waals surface area contributed by atoms with E-state index in [0.29, 0.717) is 4.47 Å². The Bertz CT molecular complexity index is 237. The number of benzene rings is 1. The molecule has 0 heterocycles. The summed E-state index contributed by atoms with van der Waals surface area (Å²) in [5.41, 5.74) is 0. The molecule has 1 aromatic carbocycles. The van der Waals surface area contributed by atoms with E-state index in [0.717, 1.165) is 8.95 Å². The fraction of sp³-hybridized carbons (Fsp3) is 0. The minimum atomic E-state index is 0. The van der Waals surface area contributed by atoms with Gasteiger partial charge < -0.3 is 5.11 Å². The number of halogens is 3. The maximum Gasteiger partial charge on any atom is 1.00 e. The zero-order chi connectivity index (χ0) is 7.72. The number of phenolic OH excluding ortho intramolecular Hbond substituents is 1. The molecule has 0 saturated carbocycles. The first-order valence-electron chi connectivity index (χ1n) is 2.45. The van der Waals surface area contributed by atoms with Crippen molar-refractivity contribution in [3.8, 4) is 5.75 Å². The van der Waals surface area contributed by atoms with Gasteiger partial charge in [-0.3, -0.25) is 0 Å². The van der Waals surface area contributed by atoms with Gasteiger partial charge in [0.25, 0.3) is 0 Å². The summed E-state index contributed by atoms with van der Waals surface area (Å²) < 4.78 is 2.41. The van der Waals surface area contributed by atoms with Gasteiger partial charge in [-0.2, -0.15) is 0 Å². The van der Waals surface area contributed by atoms with E-state index in [1.807, 2.05) is 0 Å². The third-order valence-corrected chi connectivity index (χ3v) is 4.37. The van der Waals surface area contributed by atoms with Gasteiger partial charge in [0.15, 0.2) is 0 Å². The van der Waals surface area contributed by atoms with Crippen molar-refractivity contribution in [2.24, 2.45) is 0 Å². The van der Waals surface area contributed by atoms with Gasteiger partial charge in [-0.05, 0) is 59.9 Å². The van der Waals surface area contributed by atoms with Gasteiger partial charge in [0.1, 0.15) is 5.75 Å². The normalized spacial score (nSPS) is 9.00. The average molecular weight is 354 g/mol. The van der Waals surface area contributed by atoms with Crippen LogP contribution < -0.4 is 29.6 Å². The molecule has 0 spiro atoms. The van der Waals surface area contributed by atoms with E-state index in [1.54, 1.807) is 12.1 Å². The van der Waals surface area contributed by atoms with Gasteiger partial charge in [-0.1, -0.05) is 0 Å². The molecular weight excluding hydrogens is 351 g/mol. The molecule has 1 aromatic rings. The fourth-order valence-corrected chi connectivity index (χ4v) is 1.79. The number of hydrogen-bond acceptors (Lipinski definition) is 1. The Labute approximate surface area is 112 Å². The Morgan fingerprint density at radius 2 is 1.55 bits per heavy atom. The first-order valence-corrected chi connectivity index (χ1v) is 4.83. The monoisotopic (exact) mass is 351 g/mol. The molecule has 0 radical (unpaired) electrons. The summed E-state index contributed by atoms with van der Waals surface area (Å²) in [5.74, 6) is 0.232. The van der Waals surface area contributed by atoms with Gasteiger partial charge >= 0.3 is 29.6 Å². The molecule has 0 fully saturated rings. The van der Waals surface area contributed by atoms with Crippen LogP contribution >= 0.6 is 47.8 Å². The van der Waals surface area contributed by atoms with E-state index in [2.05, 4.69) is 47.8 Å². The van der Waals surface area contributed by atoms with Crippen LogP contribution in [0, 0.1) is 0 Å². The Balaban J connectivity index is 0.000001000. The summed E-state index contributed by atoms with van der Waals surface area (Å²) in [6.07, 6.45) is 0. The first-order chi connectivity index (χ1) is 4.63. The zero-order valence-electron chi connectivity index (χ0n) is 5.74. The first kappa shape index (κ1) is 12.5. The van der Waals surface area contributed by atoms with Crippen LogP contribution in [0.25, 0.3) is 0 Å². The van der Waals surface area contributed by atoms with Crippen LogP contribution in [-0.2, 0) is 0 Å². The van der Waals surface area contributed by atoms with Crippen LogP contribution in [0.4, 0.5) is 0 Å². The molecule has 0 atom stereocenters. The van der Waals surface area contributed by atoms with Crippen molar-refractivity contribution in [3.05, 3.63) is 25.6 Å². The number of rotatable bonds is 0. The molecule has 54 valence electrons. The molecule has 0 aliphatic carbocycles. The smallest absolute Gasteiger partial charge is 0.507 e. The molecule has 1 rings (SSSR count). The maximum atomic E-state index is 9.13. The maximum absolute atomic E-state index is 9.13. The molecule has 0 unspecified atom stereocenters. The van der Waals surface area contributed by atoms with Gasteiger partial charge in [-0.15, -0.1) is 0 Å². The van der Waals surface area contributed by atoms with Crippen molar-refractivity contribution < 1.29 is 34.7 Å². The molecule has 1 N–H and O–H groups in total. The SMILES string of the molecule is Oc1ccc(Br)c(Br)c1Br.[Na+]. The molecular formula is C6H3Br3NaO+. The third-order valence-electron chi connectivity index (χ3n) is 1.01. The molecule has 1 nitrogen and oxygen atoms in total. The van der Waals surface area contributed by atoms with Gasteiger partial charge in [-0.25, -0.2) is 0 Å². The Morgan fingerprint density at radius 3 is 2.00 bits per heavy atom. The molecule has 0 aliphatic heterocycles. The standard InChI is InChI=1S/C6H3Br3O.Na/c7-3-1-2-4(10)6(9)5(3)8;/h1-2,10H;/q;+1. The largest absolute Gasteiger partial charge is 1.00 e. The van der Waals surface area contributed by atoms with Crippen LogP contribution in [0.3, 0.4) is 0 Å². The van der Waals surface area contributed by atoms with Gasteiger partial charge in [0, 0.05) is 8.95 Å². The Morgan fingerprint density at radius 1 is 1.00 bits per heavy atom. The van der Waals surface area contributed by atoms with Crippen molar-refractivity contribution in [1.82, 2.24) is 0 Å². The van der Waals surface area contributed by atoms with Crippen LogP contribution in [0.5, 0.6) is 5.75 Å². The molecule has 0 aliphatic rings. The summed E-state index contributed by atoms with van der Waals surface area (Å²) in [7, 11) is 0. The summed E-state index contributed by atoms with van der Waals surface area (Å²) >= 11 is 9.77. The van der Waals surface area contributed by atoms with E-state index in [4.69, 9.17) is 5.11 Å². The number of hydrogen-bond donors (Lipinski definition) is 1.